The molecule has 0 saturated heterocycles. The number of anilines is 1. The zero-order valence-corrected chi connectivity index (χ0v) is 13.3. The van der Waals surface area contributed by atoms with Gasteiger partial charge in [-0.05, 0) is 36.4 Å². The van der Waals surface area contributed by atoms with Crippen molar-refractivity contribution in [3.05, 3.63) is 65.6 Å². The number of amides is 1. The Kier molecular flexibility index (Phi) is 4.78. The van der Waals surface area contributed by atoms with E-state index < -0.39 is 0 Å². The molecule has 2 aromatic heterocycles. The lowest BCUT2D eigenvalue weighted by atomic mass is 10.3. The van der Waals surface area contributed by atoms with E-state index in [0.29, 0.717) is 18.0 Å². The zero-order valence-electron chi connectivity index (χ0n) is 12.5. The van der Waals surface area contributed by atoms with Gasteiger partial charge in [-0.15, -0.1) is 0 Å². The second-order valence-electron chi connectivity index (χ2n) is 5.16. The number of carbonyl (C=O) groups is 1. The number of aromatic nitrogens is 2. The molecule has 118 valence electrons. The van der Waals surface area contributed by atoms with Crippen molar-refractivity contribution in [2.75, 3.05) is 18.4 Å². The number of nitrogens with one attached hydrogen (secondary N) is 2. The van der Waals surface area contributed by atoms with Gasteiger partial charge in [0.05, 0.1) is 12.2 Å². The van der Waals surface area contributed by atoms with Gasteiger partial charge >= 0.3 is 0 Å². The summed E-state index contributed by atoms with van der Waals surface area (Å²) in [7, 11) is 0. The number of hydrogen-bond donors (Lipinski definition) is 2. The fourth-order valence-electron chi connectivity index (χ4n) is 2.25. The standard InChI is InChI=1S/C17H17ClN4O/c18-13-4-6-14(7-5-13)20-11-17(23)19-9-8-15-12-22-10-2-1-3-16(22)21-15/h1-7,10,12,20H,8-9,11H2,(H,19,23). The molecule has 0 aliphatic heterocycles. The molecule has 2 N–H and O–H groups in total. The molecule has 0 unspecified atom stereocenters. The number of pyridine rings is 1. The monoisotopic (exact) mass is 328 g/mol. The molecule has 5 nitrogen and oxygen atoms in total. The lowest BCUT2D eigenvalue weighted by molar-refractivity contribution is -0.119. The Bertz CT molecular complexity index is 765. The molecule has 0 bridgehead atoms. The Morgan fingerprint density at radius 3 is 2.78 bits per heavy atom. The Morgan fingerprint density at radius 1 is 1.17 bits per heavy atom. The minimum absolute atomic E-state index is 0.0521. The molecule has 2 heterocycles. The van der Waals surface area contributed by atoms with Crippen LogP contribution < -0.4 is 10.6 Å². The van der Waals surface area contributed by atoms with Crippen molar-refractivity contribution in [1.29, 1.82) is 0 Å². The van der Waals surface area contributed by atoms with E-state index in [0.717, 1.165) is 17.0 Å². The van der Waals surface area contributed by atoms with Crippen LogP contribution in [0.15, 0.2) is 54.9 Å². The summed E-state index contributed by atoms with van der Waals surface area (Å²) in [6.07, 6.45) is 4.64. The van der Waals surface area contributed by atoms with Crippen molar-refractivity contribution in [2.24, 2.45) is 0 Å². The maximum atomic E-state index is 11.8. The fraction of sp³-hybridized carbons (Fsp3) is 0.176. The van der Waals surface area contributed by atoms with Crippen molar-refractivity contribution >= 4 is 28.8 Å². The summed E-state index contributed by atoms with van der Waals surface area (Å²) in [5.74, 6) is -0.0521. The van der Waals surface area contributed by atoms with Gasteiger partial charge < -0.3 is 15.0 Å². The summed E-state index contributed by atoms with van der Waals surface area (Å²) in [6, 6.07) is 13.1. The summed E-state index contributed by atoms with van der Waals surface area (Å²) in [5.41, 5.74) is 2.74. The Balaban J connectivity index is 1.43. The van der Waals surface area contributed by atoms with Gasteiger partial charge in [0.15, 0.2) is 0 Å². The number of nitrogens with zero attached hydrogens (tertiary/aromatic N) is 2. The Morgan fingerprint density at radius 2 is 2.00 bits per heavy atom. The molecule has 0 atom stereocenters. The smallest absolute Gasteiger partial charge is 0.239 e. The highest BCUT2D eigenvalue weighted by molar-refractivity contribution is 6.30. The summed E-state index contributed by atoms with van der Waals surface area (Å²) in [6.45, 7) is 0.789. The van der Waals surface area contributed by atoms with Crippen molar-refractivity contribution in [1.82, 2.24) is 14.7 Å². The SMILES string of the molecule is O=C(CNc1ccc(Cl)cc1)NCCc1cn2ccccc2n1. The minimum atomic E-state index is -0.0521. The minimum Gasteiger partial charge on any atom is -0.376 e. The van der Waals surface area contributed by atoms with E-state index in [9.17, 15) is 4.79 Å². The first-order valence-corrected chi connectivity index (χ1v) is 7.77. The van der Waals surface area contributed by atoms with Crippen LogP contribution in [0.1, 0.15) is 5.69 Å². The summed E-state index contributed by atoms with van der Waals surface area (Å²) >= 11 is 5.82. The Hall–Kier alpha value is -2.53. The molecule has 1 amide bonds. The largest absolute Gasteiger partial charge is 0.376 e. The molecule has 0 aliphatic carbocycles. The third kappa shape index (κ3) is 4.23. The Labute approximate surface area is 139 Å². The normalized spacial score (nSPS) is 10.7. The van der Waals surface area contributed by atoms with Crippen LogP contribution in [-0.2, 0) is 11.2 Å². The van der Waals surface area contributed by atoms with Crippen LogP contribution in [-0.4, -0.2) is 28.4 Å². The van der Waals surface area contributed by atoms with Crippen molar-refractivity contribution in [2.45, 2.75) is 6.42 Å². The van der Waals surface area contributed by atoms with Crippen LogP contribution >= 0.6 is 11.6 Å². The van der Waals surface area contributed by atoms with Crippen LogP contribution in [0, 0.1) is 0 Å². The topological polar surface area (TPSA) is 58.4 Å². The first kappa shape index (κ1) is 15.4. The molecule has 3 aromatic rings. The second-order valence-corrected chi connectivity index (χ2v) is 5.60. The number of fused-ring (bicyclic) bond motifs is 1. The van der Waals surface area contributed by atoms with E-state index >= 15 is 0 Å². The number of hydrogen-bond acceptors (Lipinski definition) is 3. The summed E-state index contributed by atoms with van der Waals surface area (Å²) in [5, 5.41) is 6.61. The lowest BCUT2D eigenvalue weighted by Crippen LogP contribution is -2.31. The maximum Gasteiger partial charge on any atom is 0.239 e. The first-order chi connectivity index (χ1) is 11.2. The maximum absolute atomic E-state index is 11.8. The van der Waals surface area contributed by atoms with Gasteiger partial charge in [-0.2, -0.15) is 0 Å². The number of imidazole rings is 1. The highest BCUT2D eigenvalue weighted by Gasteiger charge is 2.03. The summed E-state index contributed by atoms with van der Waals surface area (Å²) < 4.78 is 1.97. The number of rotatable bonds is 6. The summed E-state index contributed by atoms with van der Waals surface area (Å²) in [4.78, 5) is 16.3. The molecular formula is C17H17ClN4O. The molecule has 0 fully saturated rings. The van der Waals surface area contributed by atoms with Gasteiger partial charge in [0, 0.05) is 36.1 Å². The van der Waals surface area contributed by atoms with E-state index in [1.54, 1.807) is 12.1 Å². The molecule has 0 saturated carbocycles. The van der Waals surface area contributed by atoms with Crippen LogP contribution in [0.2, 0.25) is 5.02 Å². The number of halogens is 1. The van der Waals surface area contributed by atoms with Gasteiger partial charge in [-0.25, -0.2) is 4.98 Å². The average molecular weight is 329 g/mol. The van der Waals surface area contributed by atoms with Gasteiger partial charge in [0.1, 0.15) is 5.65 Å². The van der Waals surface area contributed by atoms with E-state index in [-0.39, 0.29) is 12.5 Å². The highest BCUT2D eigenvalue weighted by atomic mass is 35.5. The molecule has 6 heteroatoms. The zero-order chi connectivity index (χ0) is 16.1. The third-order valence-corrected chi connectivity index (χ3v) is 3.67. The van der Waals surface area contributed by atoms with Crippen LogP contribution in [0.5, 0.6) is 0 Å². The van der Waals surface area contributed by atoms with E-state index in [1.165, 1.54) is 0 Å². The average Bonchev–Trinajstić information content (AvgIpc) is 2.97. The molecule has 0 spiro atoms. The van der Waals surface area contributed by atoms with E-state index in [2.05, 4.69) is 15.6 Å². The second kappa shape index (κ2) is 7.15. The molecule has 0 aliphatic rings. The lowest BCUT2D eigenvalue weighted by Gasteiger charge is -2.07. The molecule has 0 radical (unpaired) electrons. The predicted molar refractivity (Wildman–Crippen MR) is 91.8 cm³/mol. The van der Waals surface area contributed by atoms with Gasteiger partial charge in [-0.1, -0.05) is 17.7 Å². The fourth-order valence-corrected chi connectivity index (χ4v) is 2.38. The van der Waals surface area contributed by atoms with Gasteiger partial charge in [0.2, 0.25) is 5.91 Å². The van der Waals surface area contributed by atoms with Gasteiger partial charge in [0.25, 0.3) is 0 Å². The third-order valence-electron chi connectivity index (χ3n) is 3.41. The molecule has 1 aromatic carbocycles. The van der Waals surface area contributed by atoms with E-state index in [1.807, 2.05) is 47.1 Å². The van der Waals surface area contributed by atoms with Crippen LogP contribution in [0.3, 0.4) is 0 Å². The quantitative estimate of drug-likeness (QED) is 0.731. The van der Waals surface area contributed by atoms with Crippen molar-refractivity contribution in [3.63, 3.8) is 0 Å². The van der Waals surface area contributed by atoms with Crippen molar-refractivity contribution < 1.29 is 4.79 Å². The highest BCUT2D eigenvalue weighted by Crippen LogP contribution is 2.12. The van der Waals surface area contributed by atoms with Gasteiger partial charge in [-0.3, -0.25) is 4.79 Å². The van der Waals surface area contributed by atoms with Crippen LogP contribution in [0.25, 0.3) is 5.65 Å². The predicted octanol–water partition coefficient (Wildman–Crippen LogP) is 2.76. The van der Waals surface area contributed by atoms with Crippen molar-refractivity contribution in [3.8, 4) is 0 Å². The number of benzene rings is 1. The number of carbonyl (C=O) groups excluding carboxylic acids is 1. The first-order valence-electron chi connectivity index (χ1n) is 7.39. The molecule has 3 rings (SSSR count). The molecule has 23 heavy (non-hydrogen) atoms. The van der Waals surface area contributed by atoms with Crippen LogP contribution in [0.4, 0.5) is 5.69 Å². The van der Waals surface area contributed by atoms with E-state index in [4.69, 9.17) is 11.6 Å². The molecular weight excluding hydrogens is 312 g/mol.